The minimum absolute atomic E-state index is 0.0146. The van der Waals surface area contributed by atoms with E-state index in [0.29, 0.717) is 17.1 Å². The van der Waals surface area contributed by atoms with Gasteiger partial charge in [-0.05, 0) is 23.8 Å². The summed E-state index contributed by atoms with van der Waals surface area (Å²) < 4.78 is 10.7. The van der Waals surface area contributed by atoms with Crippen LogP contribution in [-0.4, -0.2) is 11.0 Å². The first-order chi connectivity index (χ1) is 9.24. The van der Waals surface area contributed by atoms with Gasteiger partial charge in [0.25, 0.3) is 5.91 Å². The number of hydrazine groups is 1. The minimum Gasteiger partial charge on any atom is -0.486 e. The lowest BCUT2D eigenvalue weighted by Crippen LogP contribution is -2.30. The van der Waals surface area contributed by atoms with Crippen molar-refractivity contribution in [2.75, 3.05) is 0 Å². The largest absolute Gasteiger partial charge is 0.486 e. The summed E-state index contributed by atoms with van der Waals surface area (Å²) in [5.41, 5.74) is 3.18. The molecule has 0 unspecified atom stereocenters. The van der Waals surface area contributed by atoms with Crippen LogP contribution in [0.5, 0.6) is 5.75 Å². The monoisotopic (exact) mass is 262 g/mol. The van der Waals surface area contributed by atoms with Crippen molar-refractivity contribution in [3.05, 3.63) is 53.5 Å². The van der Waals surface area contributed by atoms with E-state index in [0.717, 1.165) is 5.56 Å². The number of rotatable bonds is 5. The van der Waals surface area contributed by atoms with Crippen molar-refractivity contribution in [2.24, 2.45) is 5.84 Å². The molecule has 0 aliphatic carbocycles. The number of hydrogen-bond acceptors (Lipinski definition) is 5. The van der Waals surface area contributed by atoms with Gasteiger partial charge < -0.3 is 14.3 Å². The zero-order chi connectivity index (χ0) is 13.7. The van der Waals surface area contributed by atoms with E-state index in [1.165, 1.54) is 12.3 Å². The van der Waals surface area contributed by atoms with Crippen LogP contribution >= 0.6 is 0 Å². The molecule has 0 fully saturated rings. The Labute approximate surface area is 109 Å². The first-order valence-electron chi connectivity index (χ1n) is 5.64. The second kappa shape index (κ2) is 6.03. The Hall–Kier alpha value is -2.31. The van der Waals surface area contributed by atoms with Crippen LogP contribution in [0.4, 0.5) is 0 Å². The van der Waals surface area contributed by atoms with Gasteiger partial charge >= 0.3 is 0 Å². The van der Waals surface area contributed by atoms with Crippen LogP contribution in [-0.2, 0) is 13.2 Å². The molecule has 1 aromatic carbocycles. The van der Waals surface area contributed by atoms with Crippen LogP contribution in [0, 0.1) is 0 Å². The number of aliphatic hydroxyl groups excluding tert-OH is 1. The van der Waals surface area contributed by atoms with Gasteiger partial charge in [-0.15, -0.1) is 0 Å². The first-order valence-corrected chi connectivity index (χ1v) is 5.64. The van der Waals surface area contributed by atoms with Crippen LogP contribution in [0.3, 0.4) is 0 Å². The molecule has 6 nitrogen and oxygen atoms in total. The number of aliphatic hydroxyl groups is 1. The number of ether oxygens (including phenoxy) is 1. The van der Waals surface area contributed by atoms with Crippen molar-refractivity contribution < 1.29 is 19.1 Å². The minimum atomic E-state index is -0.428. The summed E-state index contributed by atoms with van der Waals surface area (Å²) in [6.45, 7) is 0.105. The van der Waals surface area contributed by atoms with Crippen molar-refractivity contribution in [2.45, 2.75) is 13.2 Å². The highest BCUT2D eigenvalue weighted by Crippen LogP contribution is 2.16. The second-order valence-electron chi connectivity index (χ2n) is 3.82. The molecular formula is C13H14N2O4. The fourth-order valence-corrected chi connectivity index (χ4v) is 1.57. The summed E-state index contributed by atoms with van der Waals surface area (Å²) in [5.74, 6) is 5.65. The highest BCUT2D eigenvalue weighted by Gasteiger charge is 2.13. The smallest absolute Gasteiger partial charge is 0.268 e. The molecule has 4 N–H and O–H groups in total. The molecule has 0 saturated carbocycles. The van der Waals surface area contributed by atoms with E-state index >= 15 is 0 Å². The van der Waals surface area contributed by atoms with Gasteiger partial charge in [0.2, 0.25) is 0 Å². The Morgan fingerprint density at radius 3 is 2.68 bits per heavy atom. The van der Waals surface area contributed by atoms with E-state index < -0.39 is 5.91 Å². The molecule has 1 aromatic heterocycles. The average molecular weight is 262 g/mol. The number of nitrogen functional groups attached to an aromatic ring is 1. The Morgan fingerprint density at radius 1 is 1.32 bits per heavy atom. The fraction of sp³-hybridized carbons (Fsp3) is 0.154. The number of nitrogens with one attached hydrogen (secondary N) is 1. The highest BCUT2D eigenvalue weighted by molar-refractivity contribution is 5.94. The van der Waals surface area contributed by atoms with Gasteiger partial charge in [0.15, 0.2) is 5.76 Å². The van der Waals surface area contributed by atoms with Crippen LogP contribution in [0.25, 0.3) is 0 Å². The third-order valence-corrected chi connectivity index (χ3v) is 2.60. The molecule has 0 saturated heterocycles. The number of furan rings is 1. The normalized spacial score (nSPS) is 10.2. The second-order valence-corrected chi connectivity index (χ2v) is 3.82. The van der Waals surface area contributed by atoms with Gasteiger partial charge in [0, 0.05) is 0 Å². The van der Waals surface area contributed by atoms with Crippen molar-refractivity contribution in [1.82, 2.24) is 5.43 Å². The van der Waals surface area contributed by atoms with Crippen LogP contribution in [0.2, 0.25) is 0 Å². The van der Waals surface area contributed by atoms with E-state index in [2.05, 4.69) is 0 Å². The third kappa shape index (κ3) is 3.12. The van der Waals surface area contributed by atoms with Gasteiger partial charge in [0.05, 0.1) is 18.4 Å². The fourth-order valence-electron chi connectivity index (χ4n) is 1.57. The maximum absolute atomic E-state index is 11.4. The molecule has 0 bridgehead atoms. The molecule has 0 aliphatic rings. The Bertz CT molecular complexity index is 548. The molecule has 100 valence electrons. The van der Waals surface area contributed by atoms with E-state index in [9.17, 15) is 4.79 Å². The van der Waals surface area contributed by atoms with Gasteiger partial charge in [0.1, 0.15) is 12.4 Å². The van der Waals surface area contributed by atoms with E-state index in [-0.39, 0.29) is 13.2 Å². The summed E-state index contributed by atoms with van der Waals surface area (Å²) in [7, 11) is 0. The van der Waals surface area contributed by atoms with E-state index in [1.54, 1.807) is 24.3 Å². The van der Waals surface area contributed by atoms with Crippen LogP contribution in [0.1, 0.15) is 21.7 Å². The van der Waals surface area contributed by atoms with Crippen LogP contribution in [0.15, 0.2) is 41.0 Å². The van der Waals surface area contributed by atoms with Gasteiger partial charge in [-0.25, -0.2) is 5.84 Å². The van der Waals surface area contributed by atoms with E-state index in [4.69, 9.17) is 20.1 Å². The SMILES string of the molecule is NNC(=O)c1ccoc1COc1ccc(CO)cc1. The lowest BCUT2D eigenvalue weighted by molar-refractivity contribution is 0.0949. The number of carbonyl (C=O) groups excluding carboxylic acids is 1. The third-order valence-electron chi connectivity index (χ3n) is 2.60. The number of hydrogen-bond donors (Lipinski definition) is 3. The lowest BCUT2D eigenvalue weighted by Gasteiger charge is -2.06. The summed E-state index contributed by atoms with van der Waals surface area (Å²) in [6, 6.07) is 8.50. The molecule has 1 amide bonds. The molecule has 0 atom stereocenters. The topological polar surface area (TPSA) is 97.7 Å². The molecule has 2 aromatic rings. The predicted octanol–water partition coefficient (Wildman–Crippen LogP) is 0.954. The number of carbonyl (C=O) groups is 1. The maximum Gasteiger partial charge on any atom is 0.268 e. The molecule has 2 rings (SSSR count). The van der Waals surface area contributed by atoms with Crippen molar-refractivity contribution in [3.8, 4) is 5.75 Å². The van der Waals surface area contributed by atoms with Crippen molar-refractivity contribution >= 4 is 5.91 Å². The van der Waals surface area contributed by atoms with Crippen LogP contribution < -0.4 is 16.0 Å². The number of benzene rings is 1. The Morgan fingerprint density at radius 2 is 2.05 bits per heavy atom. The molecule has 1 heterocycles. The van der Waals surface area contributed by atoms with Gasteiger partial charge in [-0.2, -0.15) is 0 Å². The standard InChI is InChI=1S/C13H14N2O4/c14-15-13(17)11-5-6-18-12(11)8-19-10-3-1-9(7-16)2-4-10/h1-6,16H,7-8,14H2,(H,15,17). The molecule has 6 heteroatoms. The lowest BCUT2D eigenvalue weighted by atomic mass is 10.2. The van der Waals surface area contributed by atoms with Crippen molar-refractivity contribution in [3.63, 3.8) is 0 Å². The van der Waals surface area contributed by atoms with Crippen molar-refractivity contribution in [1.29, 1.82) is 0 Å². The summed E-state index contributed by atoms with van der Waals surface area (Å²) in [5, 5.41) is 8.92. The molecule has 19 heavy (non-hydrogen) atoms. The number of nitrogens with two attached hydrogens (primary N) is 1. The molecular weight excluding hydrogens is 248 g/mol. The quantitative estimate of drug-likeness (QED) is 0.423. The Balaban J connectivity index is 2.02. The molecule has 0 aliphatic heterocycles. The summed E-state index contributed by atoms with van der Waals surface area (Å²) >= 11 is 0. The van der Waals surface area contributed by atoms with Gasteiger partial charge in [-0.3, -0.25) is 10.2 Å². The Kier molecular flexibility index (Phi) is 4.17. The first kappa shape index (κ1) is 13.1. The number of amides is 1. The summed E-state index contributed by atoms with van der Waals surface area (Å²) in [6.07, 6.45) is 1.40. The van der Waals surface area contributed by atoms with E-state index in [1.807, 2.05) is 5.43 Å². The zero-order valence-electron chi connectivity index (χ0n) is 10.1. The predicted molar refractivity (Wildman–Crippen MR) is 67.1 cm³/mol. The highest BCUT2D eigenvalue weighted by atomic mass is 16.5. The molecule has 0 spiro atoms. The van der Waals surface area contributed by atoms with Gasteiger partial charge in [-0.1, -0.05) is 12.1 Å². The average Bonchev–Trinajstić information content (AvgIpc) is 2.93. The molecule has 0 radical (unpaired) electrons. The maximum atomic E-state index is 11.4. The zero-order valence-corrected chi connectivity index (χ0v) is 10.1. The summed E-state index contributed by atoms with van der Waals surface area (Å²) in [4.78, 5) is 11.4.